The number of carbonyl (C=O) groups excluding carboxylic acids is 3. The SMILES string of the molecule is COC(=O)[C@@H](c1cccc([N+](=O)[O-])c1)N1CN([C@@H](C(=O)OC)c2cccc([N+](=O)[O-])c2)CN([C@@H](C(=O)OC)c2cccc([N+](=O)[O-])c2)C1. The molecule has 0 aromatic heterocycles. The number of rotatable bonds is 12. The Morgan fingerprint density at radius 2 is 0.792 bits per heavy atom. The monoisotopic (exact) mass is 666 g/mol. The van der Waals surface area contributed by atoms with E-state index in [1.165, 1.54) is 87.5 Å². The highest BCUT2D eigenvalue weighted by molar-refractivity contribution is 5.80. The molecule has 3 aromatic rings. The van der Waals surface area contributed by atoms with Crippen LogP contribution in [0.1, 0.15) is 34.8 Å². The summed E-state index contributed by atoms with van der Waals surface area (Å²) < 4.78 is 15.2. The second-order valence-electron chi connectivity index (χ2n) is 10.5. The van der Waals surface area contributed by atoms with Gasteiger partial charge in [0.25, 0.3) is 17.1 Å². The van der Waals surface area contributed by atoms with E-state index < -0.39 is 50.8 Å². The molecule has 48 heavy (non-hydrogen) atoms. The number of methoxy groups -OCH3 is 3. The van der Waals surface area contributed by atoms with Crippen LogP contribution in [0.3, 0.4) is 0 Å². The lowest BCUT2D eigenvalue weighted by atomic mass is 10.0. The third-order valence-electron chi connectivity index (χ3n) is 7.65. The second kappa shape index (κ2) is 15.2. The number of non-ortho nitro benzene ring substituents is 3. The number of nitro groups is 3. The molecule has 0 amide bonds. The fourth-order valence-corrected chi connectivity index (χ4v) is 5.57. The van der Waals surface area contributed by atoms with Crippen LogP contribution in [0.25, 0.3) is 0 Å². The minimum Gasteiger partial charge on any atom is -0.468 e. The van der Waals surface area contributed by atoms with Crippen LogP contribution in [0.15, 0.2) is 72.8 Å². The average molecular weight is 667 g/mol. The van der Waals surface area contributed by atoms with Gasteiger partial charge in [-0.2, -0.15) is 0 Å². The molecular formula is C30H30N6O12. The van der Waals surface area contributed by atoms with Gasteiger partial charge in [-0.25, -0.2) is 14.4 Å². The molecule has 3 atom stereocenters. The fourth-order valence-electron chi connectivity index (χ4n) is 5.57. The lowest BCUT2D eigenvalue weighted by molar-refractivity contribution is -0.385. The molecule has 1 fully saturated rings. The van der Waals surface area contributed by atoms with Gasteiger partial charge in [-0.1, -0.05) is 36.4 Å². The number of ether oxygens (including phenoxy) is 3. The first-order chi connectivity index (χ1) is 22.9. The number of nitro benzene ring substituents is 3. The maximum absolute atomic E-state index is 13.4. The van der Waals surface area contributed by atoms with Gasteiger partial charge in [0.05, 0.1) is 56.1 Å². The fraction of sp³-hybridized carbons (Fsp3) is 0.300. The Morgan fingerprint density at radius 1 is 0.542 bits per heavy atom. The van der Waals surface area contributed by atoms with E-state index in [2.05, 4.69) is 0 Å². The van der Waals surface area contributed by atoms with Crippen molar-refractivity contribution in [3.63, 3.8) is 0 Å². The Bertz CT molecular complexity index is 1530. The van der Waals surface area contributed by atoms with Gasteiger partial charge in [0.2, 0.25) is 0 Å². The van der Waals surface area contributed by atoms with Gasteiger partial charge < -0.3 is 14.2 Å². The van der Waals surface area contributed by atoms with Crippen molar-refractivity contribution in [1.29, 1.82) is 0 Å². The summed E-state index contributed by atoms with van der Waals surface area (Å²) in [5, 5.41) is 34.8. The minimum absolute atomic E-state index is 0.146. The van der Waals surface area contributed by atoms with Crippen LogP contribution >= 0.6 is 0 Å². The summed E-state index contributed by atoms with van der Waals surface area (Å²) in [6.45, 7) is -0.696. The zero-order chi connectivity index (χ0) is 35.1. The Hall–Kier alpha value is -5.85. The van der Waals surface area contributed by atoms with Gasteiger partial charge in [0.15, 0.2) is 0 Å². The van der Waals surface area contributed by atoms with E-state index in [1.54, 1.807) is 0 Å². The van der Waals surface area contributed by atoms with Gasteiger partial charge in [-0.05, 0) is 16.7 Å². The third kappa shape index (κ3) is 7.57. The van der Waals surface area contributed by atoms with Gasteiger partial charge in [0, 0.05) is 36.4 Å². The quantitative estimate of drug-likeness (QED) is 0.117. The molecule has 0 saturated carbocycles. The van der Waals surface area contributed by atoms with E-state index in [-0.39, 0.29) is 53.8 Å². The van der Waals surface area contributed by atoms with Gasteiger partial charge in [-0.3, -0.25) is 45.0 Å². The predicted molar refractivity (Wildman–Crippen MR) is 164 cm³/mol. The van der Waals surface area contributed by atoms with E-state index in [0.29, 0.717) is 0 Å². The van der Waals surface area contributed by atoms with E-state index in [4.69, 9.17) is 14.2 Å². The van der Waals surface area contributed by atoms with Crippen molar-refractivity contribution in [2.45, 2.75) is 18.1 Å². The molecule has 3 aromatic carbocycles. The van der Waals surface area contributed by atoms with E-state index in [1.807, 2.05) is 0 Å². The van der Waals surface area contributed by atoms with Crippen LogP contribution in [0.5, 0.6) is 0 Å². The molecule has 4 rings (SSSR count). The maximum atomic E-state index is 13.4. The van der Waals surface area contributed by atoms with Crippen molar-refractivity contribution < 1.29 is 43.4 Å². The maximum Gasteiger partial charge on any atom is 0.327 e. The molecule has 0 unspecified atom stereocenters. The summed E-state index contributed by atoms with van der Waals surface area (Å²) in [6, 6.07) is 11.8. The van der Waals surface area contributed by atoms with Gasteiger partial charge in [0.1, 0.15) is 18.1 Å². The van der Waals surface area contributed by atoms with Crippen LogP contribution < -0.4 is 0 Å². The summed E-state index contributed by atoms with van der Waals surface area (Å²) in [5.74, 6) is -2.52. The van der Waals surface area contributed by atoms with Crippen molar-refractivity contribution in [2.24, 2.45) is 0 Å². The van der Waals surface area contributed by atoms with E-state index in [9.17, 15) is 44.7 Å². The lowest BCUT2D eigenvalue weighted by Gasteiger charge is -2.48. The number of benzene rings is 3. The number of hydrogen-bond donors (Lipinski definition) is 0. The van der Waals surface area contributed by atoms with Crippen LogP contribution in [-0.2, 0) is 28.6 Å². The normalized spacial score (nSPS) is 15.8. The molecule has 1 aliphatic heterocycles. The Morgan fingerprint density at radius 3 is 1.00 bits per heavy atom. The third-order valence-corrected chi connectivity index (χ3v) is 7.65. The Kier molecular flexibility index (Phi) is 11.1. The molecule has 0 spiro atoms. The molecule has 0 radical (unpaired) electrons. The van der Waals surface area contributed by atoms with E-state index in [0.717, 1.165) is 21.3 Å². The number of carbonyl (C=O) groups is 3. The molecular weight excluding hydrogens is 636 g/mol. The summed E-state index contributed by atoms with van der Waals surface area (Å²) in [5.41, 5.74) is -0.520. The number of esters is 3. The smallest absolute Gasteiger partial charge is 0.327 e. The van der Waals surface area contributed by atoms with Gasteiger partial charge >= 0.3 is 17.9 Å². The Labute approximate surface area is 272 Å². The first kappa shape index (κ1) is 35.0. The molecule has 18 heteroatoms. The van der Waals surface area contributed by atoms with Crippen molar-refractivity contribution in [3.05, 3.63) is 120 Å². The van der Waals surface area contributed by atoms with Crippen LogP contribution in [0, 0.1) is 30.3 Å². The summed E-state index contributed by atoms with van der Waals surface area (Å²) >= 11 is 0. The highest BCUT2D eigenvalue weighted by Crippen LogP contribution is 2.36. The summed E-state index contributed by atoms with van der Waals surface area (Å²) in [6.07, 6.45) is 0. The average Bonchev–Trinajstić information content (AvgIpc) is 3.08. The Balaban J connectivity index is 1.92. The largest absolute Gasteiger partial charge is 0.468 e. The molecule has 1 saturated heterocycles. The molecule has 0 aliphatic carbocycles. The molecule has 1 heterocycles. The molecule has 18 nitrogen and oxygen atoms in total. The second-order valence-corrected chi connectivity index (χ2v) is 10.5. The lowest BCUT2D eigenvalue weighted by Crippen LogP contribution is -2.60. The van der Waals surface area contributed by atoms with Crippen molar-refractivity contribution in [1.82, 2.24) is 14.7 Å². The first-order valence-corrected chi connectivity index (χ1v) is 14.1. The van der Waals surface area contributed by atoms with Crippen molar-refractivity contribution in [3.8, 4) is 0 Å². The topological polar surface area (TPSA) is 218 Å². The summed E-state index contributed by atoms with van der Waals surface area (Å²) in [4.78, 5) is 77.5. The molecule has 1 aliphatic rings. The standard InChI is InChI=1S/C30H30N6O12/c1-46-28(37)25(19-7-4-10-22(13-19)34(40)41)31-16-32(26(29(38)47-2)20-8-5-11-23(14-20)35(42)43)18-33(17-31)27(30(39)48-3)21-9-6-12-24(15-21)36(44)45/h4-15,25-27H,16-18H2,1-3H3/t25-,26-,27-/m1/s1. The van der Waals surface area contributed by atoms with Crippen LogP contribution in [0.4, 0.5) is 17.1 Å². The highest BCUT2D eigenvalue weighted by atomic mass is 16.6. The van der Waals surface area contributed by atoms with Gasteiger partial charge in [-0.15, -0.1) is 0 Å². The minimum atomic E-state index is -1.34. The first-order valence-electron chi connectivity index (χ1n) is 14.1. The predicted octanol–water partition coefficient (Wildman–Crippen LogP) is 3.25. The zero-order valence-electron chi connectivity index (χ0n) is 25.9. The molecule has 0 N–H and O–H groups in total. The number of nitrogens with zero attached hydrogens (tertiary/aromatic N) is 6. The van der Waals surface area contributed by atoms with Crippen molar-refractivity contribution >= 4 is 35.0 Å². The molecule has 0 bridgehead atoms. The van der Waals surface area contributed by atoms with E-state index >= 15 is 0 Å². The summed E-state index contributed by atoms with van der Waals surface area (Å²) in [7, 11) is 3.35. The van der Waals surface area contributed by atoms with Crippen LogP contribution in [0.2, 0.25) is 0 Å². The van der Waals surface area contributed by atoms with Crippen LogP contribution in [-0.4, -0.2) is 88.7 Å². The highest BCUT2D eigenvalue weighted by Gasteiger charge is 2.43. The van der Waals surface area contributed by atoms with Crippen molar-refractivity contribution in [2.75, 3.05) is 41.3 Å². The molecule has 252 valence electrons. The number of hydrogen-bond acceptors (Lipinski definition) is 15. The zero-order valence-corrected chi connectivity index (χ0v) is 25.9.